The first-order chi connectivity index (χ1) is 6.74. The zero-order valence-electron chi connectivity index (χ0n) is 8.49. The fourth-order valence-corrected chi connectivity index (χ4v) is 2.63. The Morgan fingerprint density at radius 3 is 2.79 bits per heavy atom. The van der Waals surface area contributed by atoms with Crippen LogP contribution in [0.2, 0.25) is 0 Å². The van der Waals surface area contributed by atoms with Crippen molar-refractivity contribution in [3.8, 4) is 6.07 Å². The molecule has 0 aromatic carbocycles. The lowest BCUT2D eigenvalue weighted by Gasteiger charge is -2.06. The number of carbonyl (C=O) groups excluding carboxylic acids is 1. The summed E-state index contributed by atoms with van der Waals surface area (Å²) in [6.07, 6.45) is 3.76. The first-order valence-electron chi connectivity index (χ1n) is 5.41. The highest BCUT2D eigenvalue weighted by molar-refractivity contribution is 5.82. The predicted molar refractivity (Wildman–Crippen MR) is 52.1 cm³/mol. The van der Waals surface area contributed by atoms with Gasteiger partial charge >= 0.3 is 0 Å². The predicted octanol–water partition coefficient (Wildman–Crippen LogP) is 1.31. The quantitative estimate of drug-likeness (QED) is 0.733. The highest BCUT2D eigenvalue weighted by Crippen LogP contribution is 2.57. The van der Waals surface area contributed by atoms with Gasteiger partial charge in [-0.25, -0.2) is 0 Å². The largest absolute Gasteiger partial charge is 0.355 e. The molecule has 0 aliphatic heterocycles. The summed E-state index contributed by atoms with van der Waals surface area (Å²) in [5.41, 5.74) is 0. The average Bonchev–Trinajstić information content (AvgIpc) is 2.68. The number of nitrogens with zero attached hydrogens (tertiary/aromatic N) is 1. The smallest absolute Gasteiger partial charge is 0.223 e. The summed E-state index contributed by atoms with van der Waals surface area (Å²) in [5, 5.41) is 11.4. The van der Waals surface area contributed by atoms with Gasteiger partial charge in [0.1, 0.15) is 0 Å². The molecule has 1 N–H and O–H groups in total. The van der Waals surface area contributed by atoms with Crippen molar-refractivity contribution in [2.75, 3.05) is 6.54 Å². The number of rotatable bonds is 3. The number of carbonyl (C=O) groups is 1. The molecule has 14 heavy (non-hydrogen) atoms. The van der Waals surface area contributed by atoms with Crippen LogP contribution in [0.5, 0.6) is 0 Å². The van der Waals surface area contributed by atoms with Gasteiger partial charge in [-0.15, -0.1) is 0 Å². The van der Waals surface area contributed by atoms with Gasteiger partial charge in [-0.2, -0.15) is 5.26 Å². The van der Waals surface area contributed by atoms with Crippen LogP contribution in [0.1, 0.15) is 26.2 Å². The van der Waals surface area contributed by atoms with Crippen molar-refractivity contribution in [3.05, 3.63) is 0 Å². The first kappa shape index (κ1) is 9.51. The Kier molecular flexibility index (Phi) is 2.45. The molecule has 3 nitrogen and oxygen atoms in total. The fourth-order valence-electron chi connectivity index (χ4n) is 2.63. The third-order valence-corrected chi connectivity index (χ3v) is 3.51. The Labute approximate surface area is 84.5 Å². The topological polar surface area (TPSA) is 52.9 Å². The Balaban J connectivity index is 1.73. The summed E-state index contributed by atoms with van der Waals surface area (Å²) in [5.74, 6) is 1.74. The molecule has 3 heteroatoms. The van der Waals surface area contributed by atoms with E-state index in [1.807, 2.05) is 6.92 Å². The van der Waals surface area contributed by atoms with Crippen LogP contribution < -0.4 is 5.32 Å². The fraction of sp³-hybridized carbons (Fsp3) is 0.818. The number of amides is 1. The molecule has 2 aliphatic rings. The Hall–Kier alpha value is -1.04. The zero-order valence-corrected chi connectivity index (χ0v) is 8.49. The third-order valence-electron chi connectivity index (χ3n) is 3.51. The third kappa shape index (κ3) is 1.61. The molecule has 1 amide bonds. The number of hydrogen-bond donors (Lipinski definition) is 1. The molecule has 3 atom stereocenters. The number of nitrogens with one attached hydrogen (secondary N) is 1. The summed E-state index contributed by atoms with van der Waals surface area (Å²) in [7, 11) is 0. The lowest BCUT2D eigenvalue weighted by molar-refractivity contribution is -0.123. The maximum atomic E-state index is 11.6. The highest BCUT2D eigenvalue weighted by atomic mass is 16.2. The molecule has 2 fully saturated rings. The van der Waals surface area contributed by atoms with E-state index < -0.39 is 0 Å². The lowest BCUT2D eigenvalue weighted by atomic mass is 10.1. The summed E-state index contributed by atoms with van der Waals surface area (Å²) in [4.78, 5) is 11.6. The number of nitriles is 1. The van der Waals surface area contributed by atoms with Gasteiger partial charge < -0.3 is 5.32 Å². The van der Waals surface area contributed by atoms with Crippen LogP contribution in [0.4, 0.5) is 0 Å². The molecule has 2 rings (SSSR count). The van der Waals surface area contributed by atoms with E-state index in [0.29, 0.717) is 18.4 Å². The molecule has 0 saturated heterocycles. The average molecular weight is 192 g/mol. The van der Waals surface area contributed by atoms with Gasteiger partial charge in [0.25, 0.3) is 0 Å². The van der Waals surface area contributed by atoms with Crippen molar-refractivity contribution in [2.45, 2.75) is 26.2 Å². The minimum Gasteiger partial charge on any atom is -0.355 e. The normalized spacial score (nSPS) is 35.6. The Morgan fingerprint density at radius 2 is 2.21 bits per heavy atom. The van der Waals surface area contributed by atoms with Crippen molar-refractivity contribution >= 4 is 5.91 Å². The van der Waals surface area contributed by atoms with E-state index in [-0.39, 0.29) is 17.7 Å². The first-order valence-corrected chi connectivity index (χ1v) is 5.41. The van der Waals surface area contributed by atoms with Gasteiger partial charge in [0.15, 0.2) is 0 Å². The second-order valence-electron chi connectivity index (χ2n) is 4.56. The molecule has 2 aliphatic carbocycles. The van der Waals surface area contributed by atoms with E-state index in [0.717, 1.165) is 0 Å². The Bertz CT molecular complexity index is 272. The molecule has 0 aromatic heterocycles. The highest BCUT2D eigenvalue weighted by Gasteiger charge is 2.56. The van der Waals surface area contributed by atoms with Crippen molar-refractivity contribution in [3.63, 3.8) is 0 Å². The van der Waals surface area contributed by atoms with Gasteiger partial charge in [-0.05, 0) is 31.6 Å². The summed E-state index contributed by atoms with van der Waals surface area (Å²) >= 11 is 0. The monoisotopic (exact) mass is 192 g/mol. The summed E-state index contributed by atoms with van der Waals surface area (Å²) in [6.45, 7) is 2.33. The molecule has 0 bridgehead atoms. The van der Waals surface area contributed by atoms with Crippen LogP contribution in [0.3, 0.4) is 0 Å². The zero-order chi connectivity index (χ0) is 10.1. The molecule has 76 valence electrons. The number of fused-ring (bicyclic) bond motifs is 1. The van der Waals surface area contributed by atoms with Crippen LogP contribution in [0, 0.1) is 35.0 Å². The maximum absolute atomic E-state index is 11.6. The minimum absolute atomic E-state index is 0.0717. The Morgan fingerprint density at radius 1 is 1.57 bits per heavy atom. The second-order valence-corrected chi connectivity index (χ2v) is 4.56. The molecular formula is C11H16N2O. The minimum atomic E-state index is -0.0717. The standard InChI is InChI=1S/C11H16N2O/c1-7(5-12)6-13-11(14)10-8-3-2-4-9(8)10/h7-10H,2-4,6H2,1H3,(H,13,14). The maximum Gasteiger partial charge on any atom is 0.223 e. The molecule has 0 heterocycles. The van der Waals surface area contributed by atoms with Crippen LogP contribution in [-0.4, -0.2) is 12.5 Å². The van der Waals surface area contributed by atoms with Crippen LogP contribution in [0.15, 0.2) is 0 Å². The molecule has 3 unspecified atom stereocenters. The summed E-state index contributed by atoms with van der Waals surface area (Å²) < 4.78 is 0. The molecule has 2 saturated carbocycles. The van der Waals surface area contributed by atoms with Crippen LogP contribution >= 0.6 is 0 Å². The van der Waals surface area contributed by atoms with Gasteiger partial charge in [0.2, 0.25) is 5.91 Å². The SMILES string of the molecule is CC(C#N)CNC(=O)C1C2CCCC21. The van der Waals surface area contributed by atoms with E-state index in [4.69, 9.17) is 5.26 Å². The van der Waals surface area contributed by atoms with E-state index in [1.165, 1.54) is 19.3 Å². The van der Waals surface area contributed by atoms with Gasteiger partial charge in [-0.1, -0.05) is 6.42 Å². The van der Waals surface area contributed by atoms with Gasteiger partial charge in [0, 0.05) is 12.5 Å². The van der Waals surface area contributed by atoms with Crippen molar-refractivity contribution in [2.24, 2.45) is 23.7 Å². The van der Waals surface area contributed by atoms with E-state index in [1.54, 1.807) is 0 Å². The van der Waals surface area contributed by atoms with Crippen LogP contribution in [0.25, 0.3) is 0 Å². The van der Waals surface area contributed by atoms with Gasteiger partial charge in [0.05, 0.1) is 12.0 Å². The molecular weight excluding hydrogens is 176 g/mol. The molecule has 0 aromatic rings. The van der Waals surface area contributed by atoms with Crippen LogP contribution in [-0.2, 0) is 4.79 Å². The lowest BCUT2D eigenvalue weighted by Crippen LogP contribution is -2.30. The van der Waals surface area contributed by atoms with E-state index in [2.05, 4.69) is 11.4 Å². The molecule has 0 spiro atoms. The van der Waals surface area contributed by atoms with Crippen molar-refractivity contribution in [1.82, 2.24) is 5.32 Å². The van der Waals surface area contributed by atoms with E-state index in [9.17, 15) is 4.79 Å². The second kappa shape index (κ2) is 3.61. The van der Waals surface area contributed by atoms with Crippen molar-refractivity contribution < 1.29 is 4.79 Å². The van der Waals surface area contributed by atoms with Gasteiger partial charge in [-0.3, -0.25) is 4.79 Å². The summed E-state index contributed by atoms with van der Waals surface area (Å²) in [6, 6.07) is 2.12. The number of hydrogen-bond acceptors (Lipinski definition) is 2. The van der Waals surface area contributed by atoms with Crippen molar-refractivity contribution in [1.29, 1.82) is 5.26 Å². The van der Waals surface area contributed by atoms with E-state index >= 15 is 0 Å². The molecule has 0 radical (unpaired) electrons.